The maximum atomic E-state index is 12.9. The molecule has 1 N–H and O–H groups in total. The van der Waals surface area contributed by atoms with Gasteiger partial charge in [0.15, 0.2) is 11.5 Å². The van der Waals surface area contributed by atoms with E-state index in [1.165, 1.54) is 0 Å². The maximum Gasteiger partial charge on any atom is 0.308 e. The Bertz CT molecular complexity index is 867. The second-order valence-electron chi connectivity index (χ2n) is 6.38. The second kappa shape index (κ2) is 6.53. The normalized spacial score (nSPS) is 21.0. The molecule has 2 aromatic rings. The molecule has 1 fully saturated rings. The van der Waals surface area contributed by atoms with Crippen LogP contribution in [-0.2, 0) is 4.79 Å². The Balaban J connectivity index is 1.58. The number of carbonyl (C=O) groups excluding carboxylic acids is 1. The van der Waals surface area contributed by atoms with Gasteiger partial charge in [0.25, 0.3) is 5.91 Å². The standard InChI is InChI=1S/C19H16ClNO5/c20-13-4-1-11(2-5-13)14-8-21(9-15(14)19(23)24)18(22)12-3-6-16-17(7-12)26-10-25-16/h1-7,14-15H,8-10H2,(H,23,24)/t14-,15+/m0/s1. The largest absolute Gasteiger partial charge is 0.481 e. The number of amides is 1. The van der Waals surface area contributed by atoms with E-state index in [4.69, 9.17) is 21.1 Å². The summed E-state index contributed by atoms with van der Waals surface area (Å²) in [5, 5.41) is 10.2. The first kappa shape index (κ1) is 16.7. The third-order valence-electron chi connectivity index (χ3n) is 4.84. The molecule has 6 nitrogen and oxygen atoms in total. The van der Waals surface area contributed by atoms with Crippen LogP contribution < -0.4 is 9.47 Å². The van der Waals surface area contributed by atoms with Crippen molar-refractivity contribution in [2.24, 2.45) is 5.92 Å². The lowest BCUT2D eigenvalue weighted by Crippen LogP contribution is -2.29. The Labute approximate surface area is 154 Å². The first-order chi connectivity index (χ1) is 12.5. The van der Waals surface area contributed by atoms with Gasteiger partial charge in [0.2, 0.25) is 6.79 Å². The van der Waals surface area contributed by atoms with Crippen LogP contribution in [0.5, 0.6) is 11.5 Å². The van der Waals surface area contributed by atoms with Gasteiger partial charge in [0.1, 0.15) is 0 Å². The van der Waals surface area contributed by atoms with Gasteiger partial charge in [-0.05, 0) is 35.9 Å². The number of halogens is 1. The molecule has 134 valence electrons. The molecule has 2 heterocycles. The van der Waals surface area contributed by atoms with Gasteiger partial charge in [-0.15, -0.1) is 0 Å². The molecule has 2 atom stereocenters. The first-order valence-corrected chi connectivity index (χ1v) is 8.58. The molecule has 0 aromatic heterocycles. The van der Waals surface area contributed by atoms with Crippen molar-refractivity contribution in [2.45, 2.75) is 5.92 Å². The van der Waals surface area contributed by atoms with Gasteiger partial charge in [-0.2, -0.15) is 0 Å². The Morgan fingerprint density at radius 1 is 1.04 bits per heavy atom. The van der Waals surface area contributed by atoms with Gasteiger partial charge < -0.3 is 19.5 Å². The lowest BCUT2D eigenvalue weighted by atomic mass is 9.89. The third-order valence-corrected chi connectivity index (χ3v) is 5.09. The van der Waals surface area contributed by atoms with Gasteiger partial charge in [0.05, 0.1) is 5.92 Å². The van der Waals surface area contributed by atoms with Crippen LogP contribution in [0.3, 0.4) is 0 Å². The van der Waals surface area contributed by atoms with E-state index in [2.05, 4.69) is 0 Å². The number of hydrogen-bond donors (Lipinski definition) is 1. The molecule has 26 heavy (non-hydrogen) atoms. The molecule has 0 unspecified atom stereocenters. The number of carbonyl (C=O) groups is 2. The molecular formula is C19H16ClNO5. The van der Waals surface area contributed by atoms with E-state index in [-0.39, 0.29) is 25.2 Å². The van der Waals surface area contributed by atoms with Crippen molar-refractivity contribution >= 4 is 23.5 Å². The van der Waals surface area contributed by atoms with Gasteiger partial charge in [-0.1, -0.05) is 23.7 Å². The number of rotatable bonds is 3. The molecule has 2 aromatic carbocycles. The van der Waals surface area contributed by atoms with Gasteiger partial charge in [-0.3, -0.25) is 9.59 Å². The number of carboxylic acids is 1. The van der Waals surface area contributed by atoms with E-state index < -0.39 is 11.9 Å². The summed E-state index contributed by atoms with van der Waals surface area (Å²) in [7, 11) is 0. The highest BCUT2D eigenvalue weighted by Crippen LogP contribution is 2.36. The molecule has 1 amide bonds. The molecule has 2 aliphatic rings. The van der Waals surface area contributed by atoms with Crippen LogP contribution in [-0.4, -0.2) is 41.8 Å². The fraction of sp³-hybridized carbons (Fsp3) is 0.263. The zero-order chi connectivity index (χ0) is 18.3. The highest BCUT2D eigenvalue weighted by atomic mass is 35.5. The Kier molecular flexibility index (Phi) is 4.20. The topological polar surface area (TPSA) is 76.1 Å². The van der Waals surface area contributed by atoms with Crippen molar-refractivity contribution < 1.29 is 24.2 Å². The van der Waals surface area contributed by atoms with E-state index >= 15 is 0 Å². The maximum absolute atomic E-state index is 12.9. The van der Waals surface area contributed by atoms with E-state index in [0.29, 0.717) is 28.6 Å². The van der Waals surface area contributed by atoms with Crippen LogP contribution >= 0.6 is 11.6 Å². The molecular weight excluding hydrogens is 358 g/mol. The highest BCUT2D eigenvalue weighted by Gasteiger charge is 2.40. The van der Waals surface area contributed by atoms with Gasteiger partial charge in [0, 0.05) is 29.6 Å². The van der Waals surface area contributed by atoms with Crippen LogP contribution in [0, 0.1) is 5.92 Å². The number of ether oxygens (including phenoxy) is 2. The monoisotopic (exact) mass is 373 g/mol. The van der Waals surface area contributed by atoms with Crippen LogP contribution in [0.1, 0.15) is 21.8 Å². The number of aliphatic carboxylic acids is 1. The zero-order valence-electron chi connectivity index (χ0n) is 13.7. The number of fused-ring (bicyclic) bond motifs is 1. The summed E-state index contributed by atoms with van der Waals surface area (Å²) in [6, 6.07) is 12.1. The third kappa shape index (κ3) is 2.97. The van der Waals surface area contributed by atoms with Crippen molar-refractivity contribution in [3.05, 3.63) is 58.6 Å². The fourth-order valence-electron chi connectivity index (χ4n) is 3.48. The average molecular weight is 374 g/mol. The summed E-state index contributed by atoms with van der Waals surface area (Å²) >= 11 is 5.92. The number of carboxylic acid groups (broad SMARTS) is 1. The predicted octanol–water partition coefficient (Wildman–Crippen LogP) is 3.01. The number of likely N-dealkylation sites (tertiary alicyclic amines) is 1. The first-order valence-electron chi connectivity index (χ1n) is 8.20. The zero-order valence-corrected chi connectivity index (χ0v) is 14.5. The van der Waals surface area contributed by atoms with Crippen molar-refractivity contribution in [3.8, 4) is 11.5 Å². The van der Waals surface area contributed by atoms with Gasteiger partial charge in [-0.25, -0.2) is 0 Å². The molecule has 0 spiro atoms. The fourth-order valence-corrected chi connectivity index (χ4v) is 3.61. The predicted molar refractivity (Wildman–Crippen MR) is 93.8 cm³/mol. The number of hydrogen-bond acceptors (Lipinski definition) is 4. The summed E-state index contributed by atoms with van der Waals surface area (Å²) in [6.45, 7) is 0.637. The van der Waals surface area contributed by atoms with Crippen molar-refractivity contribution in [2.75, 3.05) is 19.9 Å². The minimum Gasteiger partial charge on any atom is -0.481 e. The molecule has 0 radical (unpaired) electrons. The van der Waals surface area contributed by atoms with Crippen LogP contribution in [0.15, 0.2) is 42.5 Å². The lowest BCUT2D eigenvalue weighted by Gasteiger charge is -2.17. The molecule has 4 rings (SSSR count). The number of benzene rings is 2. The SMILES string of the molecule is O=C(O)[C@@H]1CN(C(=O)c2ccc3c(c2)OCO3)C[C@H]1c1ccc(Cl)cc1. The van der Waals surface area contributed by atoms with Crippen molar-refractivity contribution in [3.63, 3.8) is 0 Å². The molecule has 1 saturated heterocycles. The summed E-state index contributed by atoms with van der Waals surface area (Å²) in [4.78, 5) is 26.2. The molecule has 0 saturated carbocycles. The minimum absolute atomic E-state index is 0.135. The average Bonchev–Trinajstić information content (AvgIpc) is 3.28. The Morgan fingerprint density at radius 2 is 1.77 bits per heavy atom. The van der Waals surface area contributed by atoms with Crippen LogP contribution in [0.2, 0.25) is 5.02 Å². The van der Waals surface area contributed by atoms with E-state index in [1.54, 1.807) is 35.2 Å². The summed E-state index contributed by atoms with van der Waals surface area (Å²) in [5.74, 6) is -0.932. The lowest BCUT2D eigenvalue weighted by molar-refractivity contribution is -0.141. The van der Waals surface area contributed by atoms with Crippen LogP contribution in [0.25, 0.3) is 0 Å². The highest BCUT2D eigenvalue weighted by molar-refractivity contribution is 6.30. The van der Waals surface area contributed by atoms with E-state index in [9.17, 15) is 14.7 Å². The van der Waals surface area contributed by atoms with Crippen LogP contribution in [0.4, 0.5) is 0 Å². The second-order valence-corrected chi connectivity index (χ2v) is 6.82. The van der Waals surface area contributed by atoms with Crippen molar-refractivity contribution in [1.82, 2.24) is 4.90 Å². The molecule has 0 bridgehead atoms. The Hall–Kier alpha value is -2.73. The smallest absolute Gasteiger partial charge is 0.308 e. The summed E-state index contributed by atoms with van der Waals surface area (Å²) < 4.78 is 10.6. The molecule has 0 aliphatic carbocycles. The van der Waals surface area contributed by atoms with Gasteiger partial charge >= 0.3 is 5.97 Å². The quantitative estimate of drug-likeness (QED) is 0.895. The molecule has 2 aliphatic heterocycles. The molecule has 7 heteroatoms. The summed E-state index contributed by atoms with van der Waals surface area (Å²) in [5.41, 5.74) is 1.32. The van der Waals surface area contributed by atoms with E-state index in [0.717, 1.165) is 5.56 Å². The van der Waals surface area contributed by atoms with E-state index in [1.807, 2.05) is 12.1 Å². The Morgan fingerprint density at radius 3 is 2.50 bits per heavy atom. The summed E-state index contributed by atoms with van der Waals surface area (Å²) in [6.07, 6.45) is 0. The van der Waals surface area contributed by atoms with Crippen molar-refractivity contribution in [1.29, 1.82) is 0 Å². The minimum atomic E-state index is -0.911. The number of nitrogens with zero attached hydrogens (tertiary/aromatic N) is 1.